The average Bonchev–Trinajstić information content (AvgIpc) is 2.68. The predicted molar refractivity (Wildman–Crippen MR) is 102 cm³/mol. The molecule has 0 radical (unpaired) electrons. The van der Waals surface area contributed by atoms with Crippen molar-refractivity contribution in [3.05, 3.63) is 76.9 Å². The molecule has 2 aromatic rings. The van der Waals surface area contributed by atoms with Gasteiger partial charge in [0, 0.05) is 13.1 Å². The molecule has 1 amide bonds. The van der Waals surface area contributed by atoms with Gasteiger partial charge in [0.25, 0.3) is 5.91 Å². The van der Waals surface area contributed by atoms with Gasteiger partial charge in [0.15, 0.2) is 6.61 Å². The molecule has 0 spiro atoms. The zero-order valence-electron chi connectivity index (χ0n) is 15.2. The van der Waals surface area contributed by atoms with Crippen LogP contribution in [0, 0.1) is 13.8 Å². The molecular formula is C22H23NO3. The second kappa shape index (κ2) is 8.00. The van der Waals surface area contributed by atoms with E-state index in [1.54, 1.807) is 17.0 Å². The quantitative estimate of drug-likeness (QED) is 0.789. The molecule has 1 aliphatic rings. The van der Waals surface area contributed by atoms with Crippen LogP contribution in [0.3, 0.4) is 0 Å². The van der Waals surface area contributed by atoms with Crippen molar-refractivity contribution in [3.8, 4) is 0 Å². The van der Waals surface area contributed by atoms with Gasteiger partial charge in [0.2, 0.25) is 0 Å². The summed E-state index contributed by atoms with van der Waals surface area (Å²) in [5, 5.41) is 0. The molecule has 0 saturated heterocycles. The molecule has 134 valence electrons. The van der Waals surface area contributed by atoms with Gasteiger partial charge in [-0.1, -0.05) is 42.5 Å². The van der Waals surface area contributed by atoms with E-state index in [2.05, 4.69) is 18.2 Å². The van der Waals surface area contributed by atoms with Crippen LogP contribution in [0.5, 0.6) is 0 Å². The lowest BCUT2D eigenvalue weighted by molar-refractivity contribution is -0.134. The van der Waals surface area contributed by atoms with E-state index in [1.807, 2.05) is 38.1 Å². The minimum absolute atomic E-state index is 0.162. The lowest BCUT2D eigenvalue weighted by Gasteiger charge is -2.26. The number of benzene rings is 2. The summed E-state index contributed by atoms with van der Waals surface area (Å²) in [5.41, 5.74) is 5.07. The Balaban J connectivity index is 1.53. The Labute approximate surface area is 154 Å². The number of carbonyl (C=O) groups excluding carboxylic acids is 2. The molecule has 0 N–H and O–H groups in total. The molecule has 26 heavy (non-hydrogen) atoms. The monoisotopic (exact) mass is 349 g/mol. The maximum atomic E-state index is 12.3. The Morgan fingerprint density at radius 1 is 1.04 bits per heavy atom. The number of nitrogens with zero attached hydrogens (tertiary/aromatic N) is 1. The summed E-state index contributed by atoms with van der Waals surface area (Å²) in [6.45, 7) is 4.90. The molecule has 0 bridgehead atoms. The Hall–Kier alpha value is -2.88. The average molecular weight is 349 g/mol. The molecule has 4 heteroatoms. The second-order valence-electron chi connectivity index (χ2n) is 6.56. The fraction of sp³-hybridized carbons (Fsp3) is 0.273. The topological polar surface area (TPSA) is 46.6 Å². The van der Waals surface area contributed by atoms with Crippen molar-refractivity contribution in [1.82, 2.24) is 4.90 Å². The Bertz CT molecular complexity index is 840. The van der Waals surface area contributed by atoms with Gasteiger partial charge in [-0.2, -0.15) is 0 Å². The second-order valence-corrected chi connectivity index (χ2v) is 6.56. The van der Waals surface area contributed by atoms with E-state index in [0.717, 1.165) is 17.5 Å². The first-order valence-electron chi connectivity index (χ1n) is 8.81. The van der Waals surface area contributed by atoms with E-state index in [0.29, 0.717) is 18.7 Å². The summed E-state index contributed by atoms with van der Waals surface area (Å²) < 4.78 is 5.20. The highest BCUT2D eigenvalue weighted by Gasteiger charge is 2.19. The van der Waals surface area contributed by atoms with Crippen LogP contribution < -0.4 is 0 Å². The molecule has 0 atom stereocenters. The normalized spacial score (nSPS) is 13.9. The van der Waals surface area contributed by atoms with Gasteiger partial charge in [-0.25, -0.2) is 4.79 Å². The number of ether oxygens (including phenoxy) is 1. The number of aryl methyl sites for hydroxylation is 2. The van der Waals surface area contributed by atoms with Gasteiger partial charge in [0.1, 0.15) is 0 Å². The molecular weight excluding hydrogens is 326 g/mol. The maximum Gasteiger partial charge on any atom is 0.338 e. The smallest absolute Gasteiger partial charge is 0.338 e. The first kappa shape index (κ1) is 17.9. The van der Waals surface area contributed by atoms with Crippen molar-refractivity contribution in [2.45, 2.75) is 20.3 Å². The predicted octanol–water partition coefficient (Wildman–Crippen LogP) is 3.78. The molecule has 2 aromatic carbocycles. The van der Waals surface area contributed by atoms with Crippen molar-refractivity contribution < 1.29 is 14.3 Å². The van der Waals surface area contributed by atoms with Crippen molar-refractivity contribution in [3.63, 3.8) is 0 Å². The summed E-state index contributed by atoms with van der Waals surface area (Å²) in [7, 11) is 0. The molecule has 0 unspecified atom stereocenters. The number of hydrogen-bond acceptors (Lipinski definition) is 3. The van der Waals surface area contributed by atoms with Gasteiger partial charge in [-0.3, -0.25) is 4.79 Å². The van der Waals surface area contributed by atoms with Gasteiger partial charge < -0.3 is 9.64 Å². The Kier molecular flexibility index (Phi) is 5.52. The van der Waals surface area contributed by atoms with Crippen molar-refractivity contribution in [2.75, 3.05) is 19.7 Å². The van der Waals surface area contributed by atoms with Gasteiger partial charge in [0.05, 0.1) is 5.56 Å². The summed E-state index contributed by atoms with van der Waals surface area (Å²) in [4.78, 5) is 26.2. The molecule has 4 nitrogen and oxygen atoms in total. The molecule has 0 fully saturated rings. The number of amides is 1. The van der Waals surface area contributed by atoms with Crippen LogP contribution in [-0.2, 0) is 9.53 Å². The van der Waals surface area contributed by atoms with Crippen LogP contribution in [-0.4, -0.2) is 36.5 Å². The molecule has 1 heterocycles. The van der Waals surface area contributed by atoms with E-state index in [1.165, 1.54) is 11.1 Å². The van der Waals surface area contributed by atoms with Crippen molar-refractivity contribution >= 4 is 17.4 Å². The van der Waals surface area contributed by atoms with Crippen molar-refractivity contribution in [2.24, 2.45) is 0 Å². The largest absolute Gasteiger partial charge is 0.452 e. The van der Waals surface area contributed by atoms with Crippen LogP contribution in [0.4, 0.5) is 0 Å². The van der Waals surface area contributed by atoms with Gasteiger partial charge in [-0.05, 0) is 54.7 Å². The summed E-state index contributed by atoms with van der Waals surface area (Å²) in [5.74, 6) is -0.621. The molecule has 3 rings (SSSR count). The standard InChI is InChI=1S/C22H23NO3/c1-16-8-9-20(14-17(16)2)22(25)26-15-21(24)23-12-10-19(11-13-23)18-6-4-3-5-7-18/h3-10,14H,11-13,15H2,1-2H3. The fourth-order valence-corrected chi connectivity index (χ4v) is 2.98. The highest BCUT2D eigenvalue weighted by atomic mass is 16.5. The lowest BCUT2D eigenvalue weighted by atomic mass is 10.00. The summed E-state index contributed by atoms with van der Waals surface area (Å²) in [6.07, 6.45) is 2.88. The molecule has 1 aliphatic heterocycles. The van der Waals surface area contributed by atoms with E-state index in [4.69, 9.17) is 4.74 Å². The van der Waals surface area contributed by atoms with E-state index in [9.17, 15) is 9.59 Å². The molecule has 0 saturated carbocycles. The third kappa shape index (κ3) is 4.20. The van der Waals surface area contributed by atoms with Crippen LogP contribution in [0.25, 0.3) is 5.57 Å². The summed E-state index contributed by atoms with van der Waals surface area (Å²) >= 11 is 0. The molecule has 0 aromatic heterocycles. The number of esters is 1. The Morgan fingerprint density at radius 3 is 2.46 bits per heavy atom. The van der Waals surface area contributed by atoms with Crippen LogP contribution in [0.15, 0.2) is 54.6 Å². The highest BCUT2D eigenvalue weighted by molar-refractivity contribution is 5.91. The third-order valence-electron chi connectivity index (χ3n) is 4.78. The fourth-order valence-electron chi connectivity index (χ4n) is 2.98. The first-order valence-corrected chi connectivity index (χ1v) is 8.81. The van der Waals surface area contributed by atoms with Crippen LogP contribution in [0.1, 0.15) is 33.5 Å². The highest BCUT2D eigenvalue weighted by Crippen LogP contribution is 2.22. The van der Waals surface area contributed by atoms with Gasteiger partial charge >= 0.3 is 5.97 Å². The van der Waals surface area contributed by atoms with Crippen LogP contribution >= 0.6 is 0 Å². The maximum absolute atomic E-state index is 12.3. The first-order chi connectivity index (χ1) is 12.5. The Morgan fingerprint density at radius 2 is 1.81 bits per heavy atom. The number of carbonyl (C=O) groups is 2. The van der Waals surface area contributed by atoms with E-state index >= 15 is 0 Å². The molecule has 0 aliphatic carbocycles. The summed E-state index contributed by atoms with van der Waals surface area (Å²) in [6, 6.07) is 15.6. The third-order valence-corrected chi connectivity index (χ3v) is 4.78. The zero-order valence-corrected chi connectivity index (χ0v) is 15.2. The number of rotatable bonds is 4. The number of hydrogen-bond donors (Lipinski definition) is 0. The SMILES string of the molecule is Cc1ccc(C(=O)OCC(=O)N2CC=C(c3ccccc3)CC2)cc1C. The lowest BCUT2D eigenvalue weighted by Crippen LogP contribution is -2.37. The van der Waals surface area contributed by atoms with Crippen LogP contribution in [0.2, 0.25) is 0 Å². The van der Waals surface area contributed by atoms with E-state index < -0.39 is 5.97 Å². The van der Waals surface area contributed by atoms with Gasteiger partial charge in [-0.15, -0.1) is 0 Å². The van der Waals surface area contributed by atoms with E-state index in [-0.39, 0.29) is 12.5 Å². The minimum atomic E-state index is -0.459. The zero-order chi connectivity index (χ0) is 18.5. The minimum Gasteiger partial charge on any atom is -0.452 e. The van der Waals surface area contributed by atoms with Crippen molar-refractivity contribution in [1.29, 1.82) is 0 Å².